The maximum absolute atomic E-state index is 13.1. The van der Waals surface area contributed by atoms with E-state index < -0.39 is 0 Å². The Labute approximate surface area is 92.9 Å². The number of H-pyrrole nitrogens is 1. The van der Waals surface area contributed by atoms with Crippen molar-refractivity contribution < 1.29 is 4.39 Å². The van der Waals surface area contributed by atoms with Gasteiger partial charge in [-0.3, -0.25) is 5.10 Å². The van der Waals surface area contributed by atoms with E-state index in [2.05, 4.69) is 20.5 Å². The SMILES string of the molecule is CCNC(c1cccc(F)c1)c1ncn[nH]1. The van der Waals surface area contributed by atoms with Gasteiger partial charge in [0.1, 0.15) is 18.0 Å². The molecule has 0 aliphatic heterocycles. The molecule has 1 atom stereocenters. The van der Waals surface area contributed by atoms with Crippen LogP contribution in [0.15, 0.2) is 30.6 Å². The van der Waals surface area contributed by atoms with Crippen LogP contribution in [0.25, 0.3) is 0 Å². The number of aromatic amines is 1. The molecule has 1 unspecified atom stereocenters. The first-order valence-electron chi connectivity index (χ1n) is 5.15. The van der Waals surface area contributed by atoms with Gasteiger partial charge in [-0.05, 0) is 24.2 Å². The van der Waals surface area contributed by atoms with Gasteiger partial charge in [-0.2, -0.15) is 5.10 Å². The van der Waals surface area contributed by atoms with Crippen molar-refractivity contribution in [3.63, 3.8) is 0 Å². The lowest BCUT2D eigenvalue weighted by Gasteiger charge is -2.15. The zero-order valence-electron chi connectivity index (χ0n) is 8.94. The van der Waals surface area contributed by atoms with Crippen LogP contribution in [0.1, 0.15) is 24.4 Å². The van der Waals surface area contributed by atoms with Crippen LogP contribution in [-0.2, 0) is 0 Å². The highest BCUT2D eigenvalue weighted by atomic mass is 19.1. The van der Waals surface area contributed by atoms with Gasteiger partial charge in [0, 0.05) is 0 Å². The van der Waals surface area contributed by atoms with Crippen molar-refractivity contribution in [1.29, 1.82) is 0 Å². The van der Waals surface area contributed by atoms with Crippen LogP contribution in [0.4, 0.5) is 4.39 Å². The summed E-state index contributed by atoms with van der Waals surface area (Å²) in [6.07, 6.45) is 1.44. The van der Waals surface area contributed by atoms with Gasteiger partial charge in [0.05, 0.1) is 6.04 Å². The summed E-state index contributed by atoms with van der Waals surface area (Å²) in [5.74, 6) is 0.437. The summed E-state index contributed by atoms with van der Waals surface area (Å²) in [5, 5.41) is 9.83. The van der Waals surface area contributed by atoms with Crippen molar-refractivity contribution in [2.75, 3.05) is 6.54 Å². The molecule has 1 heterocycles. The molecule has 0 bridgehead atoms. The van der Waals surface area contributed by atoms with Gasteiger partial charge in [-0.15, -0.1) is 0 Å². The molecule has 84 valence electrons. The van der Waals surface area contributed by atoms with Crippen molar-refractivity contribution in [3.05, 3.63) is 47.8 Å². The number of benzene rings is 1. The zero-order chi connectivity index (χ0) is 11.4. The minimum atomic E-state index is -0.250. The summed E-state index contributed by atoms with van der Waals surface area (Å²) in [6, 6.07) is 6.32. The molecule has 0 spiro atoms. The first-order chi connectivity index (χ1) is 7.81. The Hall–Kier alpha value is -1.75. The molecule has 2 aromatic rings. The average molecular weight is 220 g/mol. The molecule has 0 amide bonds. The smallest absolute Gasteiger partial charge is 0.145 e. The van der Waals surface area contributed by atoms with Crippen molar-refractivity contribution >= 4 is 0 Å². The molecule has 0 fully saturated rings. The van der Waals surface area contributed by atoms with Crippen molar-refractivity contribution in [2.24, 2.45) is 0 Å². The third-order valence-corrected chi connectivity index (χ3v) is 2.30. The number of nitrogens with zero attached hydrogens (tertiary/aromatic N) is 2. The molecule has 1 aromatic carbocycles. The van der Waals surface area contributed by atoms with Crippen LogP contribution in [0.2, 0.25) is 0 Å². The largest absolute Gasteiger partial charge is 0.304 e. The number of halogens is 1. The second-order valence-electron chi connectivity index (χ2n) is 3.42. The predicted octanol–water partition coefficient (Wildman–Crippen LogP) is 1.64. The average Bonchev–Trinajstić information content (AvgIpc) is 2.79. The van der Waals surface area contributed by atoms with E-state index in [-0.39, 0.29) is 11.9 Å². The van der Waals surface area contributed by atoms with Gasteiger partial charge < -0.3 is 5.32 Å². The summed E-state index contributed by atoms with van der Waals surface area (Å²) >= 11 is 0. The van der Waals surface area contributed by atoms with Gasteiger partial charge >= 0.3 is 0 Å². The number of rotatable bonds is 4. The van der Waals surface area contributed by atoms with E-state index in [1.54, 1.807) is 6.07 Å². The molecule has 2 rings (SSSR count). The highest BCUT2D eigenvalue weighted by Crippen LogP contribution is 2.18. The standard InChI is InChI=1S/C11H13FN4/c1-2-13-10(11-14-7-15-16-11)8-4-3-5-9(12)6-8/h3-7,10,13H,2H2,1H3,(H,14,15,16). The van der Waals surface area contributed by atoms with Gasteiger partial charge in [-0.1, -0.05) is 19.1 Å². The summed E-state index contributed by atoms with van der Waals surface area (Å²) in [7, 11) is 0. The minimum Gasteiger partial charge on any atom is -0.304 e. The normalized spacial score (nSPS) is 12.6. The Morgan fingerprint density at radius 1 is 1.50 bits per heavy atom. The molecule has 0 aliphatic rings. The molecule has 0 aliphatic carbocycles. The Balaban J connectivity index is 2.33. The molecule has 0 saturated carbocycles. The quantitative estimate of drug-likeness (QED) is 0.823. The molecule has 2 N–H and O–H groups in total. The van der Waals surface area contributed by atoms with Gasteiger partial charge in [0.15, 0.2) is 0 Å². The summed E-state index contributed by atoms with van der Waals surface area (Å²) in [4.78, 5) is 4.09. The second-order valence-corrected chi connectivity index (χ2v) is 3.42. The van der Waals surface area contributed by atoms with E-state index in [0.29, 0.717) is 5.82 Å². The molecule has 0 radical (unpaired) electrons. The van der Waals surface area contributed by atoms with E-state index in [1.807, 2.05) is 13.0 Å². The van der Waals surface area contributed by atoms with E-state index in [9.17, 15) is 4.39 Å². The molecule has 1 aromatic heterocycles. The van der Waals surface area contributed by atoms with Gasteiger partial charge in [-0.25, -0.2) is 9.37 Å². The third kappa shape index (κ3) is 2.25. The lowest BCUT2D eigenvalue weighted by atomic mass is 10.1. The van der Waals surface area contributed by atoms with Crippen molar-refractivity contribution in [1.82, 2.24) is 20.5 Å². The predicted molar refractivity (Wildman–Crippen MR) is 58.3 cm³/mol. The van der Waals surface area contributed by atoms with Crippen LogP contribution in [0.5, 0.6) is 0 Å². The van der Waals surface area contributed by atoms with Crippen LogP contribution in [0, 0.1) is 5.82 Å². The minimum absolute atomic E-state index is 0.150. The summed E-state index contributed by atoms with van der Waals surface area (Å²) in [6.45, 7) is 2.75. The van der Waals surface area contributed by atoms with Gasteiger partial charge in [0.25, 0.3) is 0 Å². The lowest BCUT2D eigenvalue weighted by molar-refractivity contribution is 0.585. The number of aromatic nitrogens is 3. The Morgan fingerprint density at radius 3 is 3.00 bits per heavy atom. The maximum atomic E-state index is 13.1. The Morgan fingerprint density at radius 2 is 2.38 bits per heavy atom. The summed E-state index contributed by atoms with van der Waals surface area (Å²) < 4.78 is 13.1. The molecule has 4 nitrogen and oxygen atoms in total. The fraction of sp³-hybridized carbons (Fsp3) is 0.273. The molecule has 16 heavy (non-hydrogen) atoms. The second kappa shape index (κ2) is 4.85. The molecular formula is C11H13FN4. The van der Waals surface area contributed by atoms with Crippen LogP contribution in [0.3, 0.4) is 0 Å². The molecule has 0 saturated heterocycles. The Kier molecular flexibility index (Phi) is 3.26. The van der Waals surface area contributed by atoms with Crippen LogP contribution >= 0.6 is 0 Å². The van der Waals surface area contributed by atoms with E-state index in [4.69, 9.17) is 0 Å². The van der Waals surface area contributed by atoms with Gasteiger partial charge in [0.2, 0.25) is 0 Å². The van der Waals surface area contributed by atoms with Crippen molar-refractivity contribution in [3.8, 4) is 0 Å². The van der Waals surface area contributed by atoms with E-state index in [1.165, 1.54) is 18.5 Å². The summed E-state index contributed by atoms with van der Waals surface area (Å²) in [5.41, 5.74) is 0.832. The topological polar surface area (TPSA) is 53.6 Å². The number of hydrogen-bond donors (Lipinski definition) is 2. The lowest BCUT2D eigenvalue weighted by Crippen LogP contribution is -2.23. The molecule has 5 heteroatoms. The maximum Gasteiger partial charge on any atom is 0.145 e. The number of nitrogens with one attached hydrogen (secondary N) is 2. The number of hydrogen-bond acceptors (Lipinski definition) is 3. The fourth-order valence-corrected chi connectivity index (χ4v) is 1.62. The van der Waals surface area contributed by atoms with Crippen molar-refractivity contribution in [2.45, 2.75) is 13.0 Å². The van der Waals surface area contributed by atoms with E-state index >= 15 is 0 Å². The fourth-order valence-electron chi connectivity index (χ4n) is 1.62. The molecular weight excluding hydrogens is 207 g/mol. The third-order valence-electron chi connectivity index (χ3n) is 2.30. The Bertz CT molecular complexity index is 441. The van der Waals surface area contributed by atoms with E-state index in [0.717, 1.165) is 12.1 Å². The highest BCUT2D eigenvalue weighted by molar-refractivity contribution is 5.25. The van der Waals surface area contributed by atoms with Crippen LogP contribution < -0.4 is 5.32 Å². The zero-order valence-corrected chi connectivity index (χ0v) is 8.94. The monoisotopic (exact) mass is 220 g/mol. The highest BCUT2D eigenvalue weighted by Gasteiger charge is 2.15. The first kappa shape index (κ1) is 10.8. The first-order valence-corrected chi connectivity index (χ1v) is 5.15. The van der Waals surface area contributed by atoms with Crippen LogP contribution in [-0.4, -0.2) is 21.7 Å².